The zero-order chi connectivity index (χ0) is 15.1. The van der Waals surface area contributed by atoms with Crippen LogP contribution < -0.4 is 0 Å². The lowest BCUT2D eigenvalue weighted by atomic mass is 10.00. The summed E-state index contributed by atoms with van der Waals surface area (Å²) >= 11 is 0. The van der Waals surface area contributed by atoms with Crippen LogP contribution in [0, 0.1) is 5.82 Å². The van der Waals surface area contributed by atoms with Crippen LogP contribution in [-0.2, 0) is 0 Å². The van der Waals surface area contributed by atoms with Crippen molar-refractivity contribution in [2.75, 3.05) is 0 Å². The molecular weight excluding hydrogens is 277 g/mol. The third kappa shape index (κ3) is 1.99. The number of rotatable bonds is 1. The summed E-state index contributed by atoms with van der Waals surface area (Å²) in [6, 6.07) is 19.3. The molecular formula is C19H12FNO. The average Bonchev–Trinajstić information content (AvgIpc) is 2.55. The van der Waals surface area contributed by atoms with Gasteiger partial charge in [-0.1, -0.05) is 18.2 Å². The van der Waals surface area contributed by atoms with Gasteiger partial charge in [-0.05, 0) is 53.9 Å². The monoisotopic (exact) mass is 289 g/mol. The van der Waals surface area contributed by atoms with Gasteiger partial charge in [0.25, 0.3) is 0 Å². The molecule has 0 aliphatic carbocycles. The molecule has 0 saturated heterocycles. The van der Waals surface area contributed by atoms with Gasteiger partial charge < -0.3 is 5.11 Å². The van der Waals surface area contributed by atoms with Gasteiger partial charge in [0.15, 0.2) is 0 Å². The van der Waals surface area contributed by atoms with Gasteiger partial charge in [0.1, 0.15) is 11.6 Å². The molecule has 2 nitrogen and oxygen atoms in total. The van der Waals surface area contributed by atoms with Crippen LogP contribution >= 0.6 is 0 Å². The zero-order valence-electron chi connectivity index (χ0n) is 11.6. The fourth-order valence-electron chi connectivity index (χ4n) is 2.77. The van der Waals surface area contributed by atoms with Crippen molar-refractivity contribution >= 4 is 21.7 Å². The van der Waals surface area contributed by atoms with Crippen LogP contribution in [0.25, 0.3) is 32.9 Å². The van der Waals surface area contributed by atoms with E-state index >= 15 is 0 Å². The van der Waals surface area contributed by atoms with Crippen molar-refractivity contribution in [1.29, 1.82) is 0 Å². The van der Waals surface area contributed by atoms with Crippen LogP contribution in [0.4, 0.5) is 4.39 Å². The summed E-state index contributed by atoms with van der Waals surface area (Å²) in [5.41, 5.74) is 2.48. The van der Waals surface area contributed by atoms with Gasteiger partial charge >= 0.3 is 0 Å². The highest BCUT2D eigenvalue weighted by molar-refractivity contribution is 6.11. The molecule has 0 unspecified atom stereocenters. The maximum absolute atomic E-state index is 13.2. The topological polar surface area (TPSA) is 33.1 Å². The second-order valence-electron chi connectivity index (χ2n) is 5.21. The molecule has 1 aromatic heterocycles. The molecule has 0 saturated carbocycles. The average molecular weight is 289 g/mol. The molecule has 0 spiro atoms. The van der Waals surface area contributed by atoms with E-state index in [1.807, 2.05) is 30.3 Å². The minimum atomic E-state index is -0.272. The van der Waals surface area contributed by atoms with Gasteiger partial charge in [-0.25, -0.2) is 9.37 Å². The predicted octanol–water partition coefficient (Wildman–Crippen LogP) is 4.90. The molecule has 4 aromatic rings. The number of para-hydroxylation sites is 1. The van der Waals surface area contributed by atoms with E-state index in [2.05, 4.69) is 0 Å². The molecule has 4 rings (SSSR count). The maximum atomic E-state index is 13.2. The molecule has 3 aromatic carbocycles. The Balaban J connectivity index is 2.14. The molecule has 3 heteroatoms. The van der Waals surface area contributed by atoms with Crippen LogP contribution in [0.15, 0.2) is 66.7 Å². The number of phenols is 1. The number of pyridine rings is 1. The minimum Gasteiger partial charge on any atom is -0.508 e. The van der Waals surface area contributed by atoms with Crippen molar-refractivity contribution in [3.8, 4) is 17.0 Å². The molecule has 0 aliphatic rings. The lowest BCUT2D eigenvalue weighted by molar-refractivity contribution is 0.476. The zero-order valence-corrected chi connectivity index (χ0v) is 11.6. The number of fused-ring (bicyclic) bond motifs is 3. The Kier molecular flexibility index (Phi) is 2.79. The van der Waals surface area contributed by atoms with Crippen LogP contribution in [0.2, 0.25) is 0 Å². The first-order valence-corrected chi connectivity index (χ1v) is 7.00. The van der Waals surface area contributed by atoms with Gasteiger partial charge in [-0.15, -0.1) is 0 Å². The third-order valence-electron chi connectivity index (χ3n) is 3.80. The van der Waals surface area contributed by atoms with Crippen molar-refractivity contribution in [3.05, 3.63) is 72.5 Å². The fourth-order valence-corrected chi connectivity index (χ4v) is 2.77. The van der Waals surface area contributed by atoms with Crippen molar-refractivity contribution in [2.24, 2.45) is 0 Å². The molecule has 1 heterocycles. The van der Waals surface area contributed by atoms with Crippen molar-refractivity contribution < 1.29 is 9.50 Å². The van der Waals surface area contributed by atoms with Gasteiger partial charge in [0, 0.05) is 16.3 Å². The third-order valence-corrected chi connectivity index (χ3v) is 3.80. The van der Waals surface area contributed by atoms with Crippen molar-refractivity contribution in [1.82, 2.24) is 4.98 Å². The summed E-state index contributed by atoms with van der Waals surface area (Å²) in [7, 11) is 0. The Bertz CT molecular complexity index is 993. The molecule has 0 atom stereocenters. The highest BCUT2D eigenvalue weighted by Gasteiger charge is 2.10. The Morgan fingerprint density at radius 2 is 1.55 bits per heavy atom. The van der Waals surface area contributed by atoms with Crippen LogP contribution in [-0.4, -0.2) is 10.1 Å². The number of aromatic hydroxyl groups is 1. The normalized spacial score (nSPS) is 11.1. The highest BCUT2D eigenvalue weighted by Crippen LogP contribution is 2.34. The van der Waals surface area contributed by atoms with E-state index in [1.54, 1.807) is 24.3 Å². The molecule has 0 fully saturated rings. The summed E-state index contributed by atoms with van der Waals surface area (Å²) in [5.74, 6) is -0.0552. The fraction of sp³-hybridized carbons (Fsp3) is 0. The molecule has 0 bridgehead atoms. The van der Waals surface area contributed by atoms with Gasteiger partial charge in [-0.2, -0.15) is 0 Å². The van der Waals surface area contributed by atoms with E-state index in [9.17, 15) is 9.50 Å². The number of halogens is 1. The Hall–Kier alpha value is -2.94. The Labute approximate surface area is 126 Å². The quantitative estimate of drug-likeness (QED) is 0.506. The minimum absolute atomic E-state index is 0.217. The first-order valence-electron chi connectivity index (χ1n) is 7.00. The predicted molar refractivity (Wildman–Crippen MR) is 86.3 cm³/mol. The highest BCUT2D eigenvalue weighted by atomic mass is 19.1. The van der Waals surface area contributed by atoms with Crippen LogP contribution in [0.3, 0.4) is 0 Å². The van der Waals surface area contributed by atoms with Gasteiger partial charge in [0.05, 0.1) is 11.2 Å². The van der Waals surface area contributed by atoms with E-state index in [4.69, 9.17) is 4.98 Å². The smallest absolute Gasteiger partial charge is 0.123 e. The van der Waals surface area contributed by atoms with E-state index in [0.29, 0.717) is 0 Å². The summed E-state index contributed by atoms with van der Waals surface area (Å²) in [5, 5.41) is 12.7. The lowest BCUT2D eigenvalue weighted by Gasteiger charge is -2.10. The molecule has 0 aliphatic heterocycles. The van der Waals surface area contributed by atoms with Crippen LogP contribution in [0.1, 0.15) is 0 Å². The van der Waals surface area contributed by atoms with E-state index in [0.717, 1.165) is 32.9 Å². The van der Waals surface area contributed by atoms with Gasteiger partial charge in [0.2, 0.25) is 0 Å². The first kappa shape index (κ1) is 12.8. The first-order chi connectivity index (χ1) is 10.7. The standard InChI is InChI=1S/C19H12FNO/c20-13-7-5-12(6-8-13)19-16-10-9-14(22)11-17(16)15-3-1-2-4-18(15)21-19/h1-11,22H. The summed E-state index contributed by atoms with van der Waals surface area (Å²) in [4.78, 5) is 4.73. The second kappa shape index (κ2) is 4.81. The van der Waals surface area contributed by atoms with E-state index in [-0.39, 0.29) is 11.6 Å². The van der Waals surface area contributed by atoms with E-state index in [1.165, 1.54) is 12.1 Å². The number of phenolic OH excluding ortho intramolecular Hbond substituents is 1. The number of benzene rings is 3. The number of nitrogens with zero attached hydrogens (tertiary/aromatic N) is 1. The SMILES string of the molecule is Oc1ccc2c(-c3ccc(F)cc3)nc3ccccc3c2c1. The van der Waals surface area contributed by atoms with Crippen molar-refractivity contribution in [3.63, 3.8) is 0 Å². The van der Waals surface area contributed by atoms with Crippen molar-refractivity contribution in [2.45, 2.75) is 0 Å². The Morgan fingerprint density at radius 3 is 2.36 bits per heavy atom. The maximum Gasteiger partial charge on any atom is 0.123 e. The summed E-state index contributed by atoms with van der Waals surface area (Å²) in [6.07, 6.45) is 0. The largest absolute Gasteiger partial charge is 0.508 e. The lowest BCUT2D eigenvalue weighted by Crippen LogP contribution is -1.89. The Morgan fingerprint density at radius 1 is 0.773 bits per heavy atom. The number of hydrogen-bond acceptors (Lipinski definition) is 2. The molecule has 0 amide bonds. The summed E-state index contributed by atoms with van der Waals surface area (Å²) in [6.45, 7) is 0. The van der Waals surface area contributed by atoms with Crippen LogP contribution in [0.5, 0.6) is 5.75 Å². The van der Waals surface area contributed by atoms with Gasteiger partial charge in [-0.3, -0.25) is 0 Å². The molecule has 106 valence electrons. The number of aromatic nitrogens is 1. The summed E-state index contributed by atoms with van der Waals surface area (Å²) < 4.78 is 13.2. The number of hydrogen-bond donors (Lipinski definition) is 1. The molecule has 0 radical (unpaired) electrons. The van der Waals surface area contributed by atoms with E-state index < -0.39 is 0 Å². The molecule has 22 heavy (non-hydrogen) atoms. The second-order valence-corrected chi connectivity index (χ2v) is 5.21. The molecule has 1 N–H and O–H groups in total.